The maximum absolute atomic E-state index is 11.2. The van der Waals surface area contributed by atoms with Crippen LogP contribution in [-0.4, -0.2) is 25.3 Å². The summed E-state index contributed by atoms with van der Waals surface area (Å²) in [7, 11) is 1.54. The summed E-state index contributed by atoms with van der Waals surface area (Å²) in [6, 6.07) is 10.0. The van der Waals surface area contributed by atoms with Crippen molar-refractivity contribution >= 4 is 35.7 Å². The van der Waals surface area contributed by atoms with E-state index in [0.29, 0.717) is 0 Å². The first kappa shape index (κ1) is 15.9. The molecular weight excluding hydrogens is 276 g/mol. The Morgan fingerprint density at radius 2 is 1.95 bits per heavy atom. The molecule has 0 bridgehead atoms. The van der Waals surface area contributed by atoms with Crippen molar-refractivity contribution in [3.05, 3.63) is 40.8 Å². The smallest absolute Gasteiger partial charge is 0.406 e. The molecule has 2 aromatic carbocycles. The van der Waals surface area contributed by atoms with Crippen LogP contribution in [0.2, 0.25) is 0 Å². The second-order valence-corrected chi connectivity index (χ2v) is 5.94. The van der Waals surface area contributed by atoms with Gasteiger partial charge in [-0.2, -0.15) is 0 Å². The van der Waals surface area contributed by atoms with E-state index in [2.05, 4.69) is 23.8 Å². The Hall–Kier alpha value is -2.49. The van der Waals surface area contributed by atoms with E-state index in [0.717, 1.165) is 26.9 Å². The largest absolute Gasteiger partial charge is 0.447 e. The number of anilines is 1. The van der Waals surface area contributed by atoms with Crippen molar-refractivity contribution in [2.24, 2.45) is 0 Å². The van der Waals surface area contributed by atoms with Gasteiger partial charge in [0.25, 0.3) is 0 Å². The molecule has 4 heteroatoms. The molecule has 0 radical (unpaired) electrons. The Bertz CT molecular complexity index is 797. The van der Waals surface area contributed by atoms with Gasteiger partial charge in [-0.25, -0.2) is 4.79 Å². The molecular formula is C18H22N2O2. The van der Waals surface area contributed by atoms with Gasteiger partial charge in [-0.1, -0.05) is 37.4 Å². The molecule has 0 atom stereocenters. The highest BCUT2D eigenvalue weighted by Crippen LogP contribution is 2.22. The number of carbonyl (C=O) groups excluding carboxylic acids is 1. The molecule has 0 aliphatic rings. The van der Waals surface area contributed by atoms with Crippen LogP contribution in [0.4, 0.5) is 10.5 Å². The minimum Gasteiger partial charge on any atom is -0.447 e. The zero-order valence-electron chi connectivity index (χ0n) is 13.3. The highest BCUT2D eigenvalue weighted by atomic mass is 16.5. The molecule has 2 N–H and O–H groups in total. The van der Waals surface area contributed by atoms with Crippen molar-refractivity contribution in [3.63, 3.8) is 0 Å². The molecule has 0 aromatic heterocycles. The number of benzene rings is 2. The predicted octanol–water partition coefficient (Wildman–Crippen LogP) is 2.21. The van der Waals surface area contributed by atoms with Crippen molar-refractivity contribution in [2.75, 3.05) is 19.0 Å². The maximum Gasteiger partial charge on any atom is 0.406 e. The Labute approximate surface area is 130 Å². The molecule has 0 saturated heterocycles. The number of hydrogen-bond acceptors (Lipinski definition) is 3. The molecule has 116 valence electrons. The normalized spacial score (nSPS) is 11.2. The molecule has 0 spiro atoms. The number of fused-ring (bicyclic) bond motifs is 1. The minimum absolute atomic E-state index is 0.250. The van der Waals surface area contributed by atoms with E-state index >= 15 is 0 Å². The summed E-state index contributed by atoms with van der Waals surface area (Å²) in [5, 5.41) is 9.83. The zero-order chi connectivity index (χ0) is 16.3. The Morgan fingerprint density at radius 1 is 1.23 bits per heavy atom. The molecule has 4 nitrogen and oxygen atoms in total. The van der Waals surface area contributed by atoms with E-state index in [1.807, 2.05) is 44.2 Å². The van der Waals surface area contributed by atoms with Crippen LogP contribution in [0.25, 0.3) is 23.9 Å². The Kier molecular flexibility index (Phi) is 4.40. The van der Waals surface area contributed by atoms with E-state index in [4.69, 9.17) is 4.74 Å². The van der Waals surface area contributed by atoms with Gasteiger partial charge in [0.15, 0.2) is 0 Å². The molecule has 22 heavy (non-hydrogen) atoms. The lowest BCUT2D eigenvalue weighted by molar-refractivity contribution is 0.131. The third-order valence-corrected chi connectivity index (χ3v) is 3.49. The summed E-state index contributed by atoms with van der Waals surface area (Å²) in [4.78, 5) is 11.2. The maximum atomic E-state index is 11.2. The molecule has 0 unspecified atom stereocenters. The van der Waals surface area contributed by atoms with Gasteiger partial charge in [-0.3, -0.25) is 0 Å². The van der Waals surface area contributed by atoms with Crippen LogP contribution < -0.4 is 21.1 Å². The first-order valence-electron chi connectivity index (χ1n) is 7.16. The lowest BCUT2D eigenvalue weighted by atomic mass is 10.0. The quantitative estimate of drug-likeness (QED) is 0.910. The molecule has 0 fully saturated rings. The number of ether oxygens (including phenoxy) is 1. The summed E-state index contributed by atoms with van der Waals surface area (Å²) in [5.41, 5.74) is 0.545. The SMILES string of the molecule is C=c1ccc2cccc(NC(C)(C)COC(=O)NC)c2c1=C. The predicted molar refractivity (Wildman–Crippen MR) is 92.4 cm³/mol. The van der Waals surface area contributed by atoms with Crippen LogP contribution in [0.15, 0.2) is 30.3 Å². The summed E-state index contributed by atoms with van der Waals surface area (Å²) >= 11 is 0. The van der Waals surface area contributed by atoms with Crippen LogP contribution in [0.1, 0.15) is 13.8 Å². The number of rotatable bonds is 4. The zero-order valence-corrected chi connectivity index (χ0v) is 13.3. The van der Waals surface area contributed by atoms with Gasteiger partial charge in [0.2, 0.25) is 0 Å². The molecule has 0 aliphatic carbocycles. The van der Waals surface area contributed by atoms with Crippen molar-refractivity contribution in [1.29, 1.82) is 0 Å². The lowest BCUT2D eigenvalue weighted by Gasteiger charge is -2.27. The van der Waals surface area contributed by atoms with Gasteiger partial charge >= 0.3 is 6.09 Å². The number of nitrogens with one attached hydrogen (secondary N) is 2. The van der Waals surface area contributed by atoms with Gasteiger partial charge in [0.05, 0.1) is 5.54 Å². The third kappa shape index (κ3) is 3.39. The van der Waals surface area contributed by atoms with E-state index in [-0.39, 0.29) is 6.61 Å². The van der Waals surface area contributed by atoms with Crippen molar-refractivity contribution in [3.8, 4) is 0 Å². The standard InChI is InChI=1S/C18H22N2O2/c1-12-9-10-14-7-6-8-15(16(14)13(12)2)20-18(3,4)11-22-17(21)19-5/h6-10,20H,1-2,11H2,3-5H3,(H,19,21). The van der Waals surface area contributed by atoms with Crippen molar-refractivity contribution in [2.45, 2.75) is 19.4 Å². The number of alkyl carbamates (subject to hydrolysis) is 1. The van der Waals surface area contributed by atoms with Crippen LogP contribution in [0, 0.1) is 0 Å². The molecule has 0 saturated carbocycles. The first-order valence-corrected chi connectivity index (χ1v) is 7.16. The van der Waals surface area contributed by atoms with Gasteiger partial charge in [0.1, 0.15) is 6.61 Å². The van der Waals surface area contributed by atoms with Gasteiger partial charge in [-0.05, 0) is 35.7 Å². The summed E-state index contributed by atoms with van der Waals surface area (Å²) in [6.07, 6.45) is -0.439. The van der Waals surface area contributed by atoms with E-state index in [1.54, 1.807) is 0 Å². The molecule has 0 heterocycles. The summed E-state index contributed by atoms with van der Waals surface area (Å²) in [5.74, 6) is 0. The average molecular weight is 298 g/mol. The van der Waals surface area contributed by atoms with Gasteiger partial charge in [0, 0.05) is 18.1 Å². The highest BCUT2D eigenvalue weighted by Gasteiger charge is 2.20. The first-order chi connectivity index (χ1) is 10.3. The summed E-state index contributed by atoms with van der Waals surface area (Å²) < 4.78 is 5.15. The highest BCUT2D eigenvalue weighted by molar-refractivity contribution is 5.94. The molecule has 0 aliphatic heterocycles. The summed E-state index contributed by atoms with van der Waals surface area (Å²) in [6.45, 7) is 12.3. The van der Waals surface area contributed by atoms with Crippen molar-refractivity contribution in [1.82, 2.24) is 5.32 Å². The molecule has 1 amide bonds. The Morgan fingerprint density at radius 3 is 2.64 bits per heavy atom. The Balaban J connectivity index is 2.35. The van der Waals surface area contributed by atoms with Crippen molar-refractivity contribution < 1.29 is 9.53 Å². The lowest BCUT2D eigenvalue weighted by Crippen LogP contribution is -2.39. The topological polar surface area (TPSA) is 50.4 Å². The van der Waals surface area contributed by atoms with E-state index in [1.165, 1.54) is 7.05 Å². The third-order valence-electron chi connectivity index (χ3n) is 3.49. The van der Waals surface area contributed by atoms with Gasteiger partial charge in [-0.15, -0.1) is 0 Å². The number of hydrogen-bond donors (Lipinski definition) is 2. The number of amides is 1. The monoisotopic (exact) mass is 298 g/mol. The van der Waals surface area contributed by atoms with Gasteiger partial charge < -0.3 is 15.4 Å². The minimum atomic E-state index is -0.439. The second kappa shape index (κ2) is 6.10. The fourth-order valence-corrected chi connectivity index (χ4v) is 2.32. The second-order valence-electron chi connectivity index (χ2n) is 5.94. The molecule has 2 rings (SSSR count). The average Bonchev–Trinajstić information content (AvgIpc) is 2.48. The van der Waals surface area contributed by atoms with Crippen LogP contribution in [0.5, 0.6) is 0 Å². The van der Waals surface area contributed by atoms with Crippen LogP contribution in [-0.2, 0) is 4.74 Å². The van der Waals surface area contributed by atoms with Crippen LogP contribution >= 0.6 is 0 Å². The molecule has 2 aromatic rings. The fraction of sp³-hybridized carbons (Fsp3) is 0.278. The fourth-order valence-electron chi connectivity index (χ4n) is 2.32. The van der Waals surface area contributed by atoms with E-state index in [9.17, 15) is 4.79 Å². The number of carbonyl (C=O) groups is 1. The van der Waals surface area contributed by atoms with E-state index < -0.39 is 11.6 Å². The van der Waals surface area contributed by atoms with Crippen LogP contribution in [0.3, 0.4) is 0 Å².